The van der Waals surface area contributed by atoms with Gasteiger partial charge >= 0.3 is 0 Å². The Morgan fingerprint density at radius 2 is 2.16 bits per heavy atom. The molecule has 2 rings (SSSR count). The van der Waals surface area contributed by atoms with E-state index in [-0.39, 0.29) is 0 Å². The normalized spacial score (nSPS) is 10.3. The van der Waals surface area contributed by atoms with E-state index in [0.29, 0.717) is 17.6 Å². The van der Waals surface area contributed by atoms with E-state index in [9.17, 15) is 0 Å². The molecule has 0 bridgehead atoms. The summed E-state index contributed by atoms with van der Waals surface area (Å²) in [5.41, 5.74) is 1.87. The minimum Gasteiger partial charge on any atom is -0.481 e. The second-order valence-corrected chi connectivity index (χ2v) is 4.23. The molecule has 0 aliphatic rings. The largest absolute Gasteiger partial charge is 0.481 e. The SMILES string of the molecule is CCc1c(Cl)ncnc1NCc1cccnc1OC. The van der Waals surface area contributed by atoms with E-state index < -0.39 is 0 Å². The Balaban J connectivity index is 2.17. The zero-order chi connectivity index (χ0) is 13.7. The van der Waals surface area contributed by atoms with Crippen molar-refractivity contribution >= 4 is 17.4 Å². The molecule has 2 aromatic heterocycles. The van der Waals surface area contributed by atoms with E-state index in [1.165, 1.54) is 6.33 Å². The van der Waals surface area contributed by atoms with Crippen LogP contribution in [0.1, 0.15) is 18.1 Å². The predicted octanol–water partition coefficient (Wildman–Crippen LogP) is 2.71. The van der Waals surface area contributed by atoms with Crippen LogP contribution in [0.25, 0.3) is 0 Å². The van der Waals surface area contributed by atoms with Crippen molar-refractivity contribution < 1.29 is 4.74 Å². The number of anilines is 1. The maximum absolute atomic E-state index is 6.04. The third kappa shape index (κ3) is 3.12. The molecule has 100 valence electrons. The molecule has 0 aliphatic heterocycles. The first-order valence-corrected chi connectivity index (χ1v) is 6.35. The van der Waals surface area contributed by atoms with E-state index in [2.05, 4.69) is 20.3 Å². The average molecular weight is 279 g/mol. The molecule has 19 heavy (non-hydrogen) atoms. The fraction of sp³-hybridized carbons (Fsp3) is 0.308. The Morgan fingerprint density at radius 1 is 1.32 bits per heavy atom. The van der Waals surface area contributed by atoms with Crippen LogP contribution >= 0.6 is 11.6 Å². The molecule has 0 saturated heterocycles. The van der Waals surface area contributed by atoms with Crippen molar-refractivity contribution in [1.82, 2.24) is 15.0 Å². The van der Waals surface area contributed by atoms with Crippen LogP contribution < -0.4 is 10.1 Å². The summed E-state index contributed by atoms with van der Waals surface area (Å²) in [6.07, 6.45) is 3.91. The minimum absolute atomic E-state index is 0.484. The van der Waals surface area contributed by atoms with Gasteiger partial charge in [-0.05, 0) is 12.5 Å². The molecule has 0 unspecified atom stereocenters. The van der Waals surface area contributed by atoms with Gasteiger partial charge in [-0.1, -0.05) is 24.6 Å². The molecule has 0 spiro atoms. The molecule has 6 heteroatoms. The molecule has 2 heterocycles. The van der Waals surface area contributed by atoms with Gasteiger partial charge in [0.2, 0.25) is 5.88 Å². The monoisotopic (exact) mass is 278 g/mol. The van der Waals surface area contributed by atoms with Gasteiger partial charge < -0.3 is 10.1 Å². The number of methoxy groups -OCH3 is 1. The predicted molar refractivity (Wildman–Crippen MR) is 74.5 cm³/mol. The number of nitrogens with zero attached hydrogens (tertiary/aromatic N) is 3. The molecular formula is C13H15ClN4O. The third-order valence-corrected chi connectivity index (χ3v) is 3.06. The van der Waals surface area contributed by atoms with Gasteiger partial charge in [-0.3, -0.25) is 0 Å². The summed E-state index contributed by atoms with van der Waals surface area (Å²) in [4.78, 5) is 12.3. The van der Waals surface area contributed by atoms with Crippen LogP contribution in [0.15, 0.2) is 24.7 Å². The van der Waals surface area contributed by atoms with Crippen molar-refractivity contribution in [3.8, 4) is 5.88 Å². The van der Waals surface area contributed by atoms with Crippen LogP contribution in [0, 0.1) is 0 Å². The average Bonchev–Trinajstić information content (AvgIpc) is 2.45. The molecule has 0 saturated carbocycles. The number of pyridine rings is 1. The first-order chi connectivity index (χ1) is 9.26. The van der Waals surface area contributed by atoms with Crippen LogP contribution in [-0.4, -0.2) is 22.1 Å². The standard InChI is InChI=1S/C13H15ClN4O/c1-3-10-11(14)17-8-18-12(10)16-7-9-5-4-6-15-13(9)19-2/h4-6,8H,3,7H2,1-2H3,(H,16,17,18). The number of aromatic nitrogens is 3. The molecule has 1 N–H and O–H groups in total. The van der Waals surface area contributed by atoms with E-state index in [1.807, 2.05) is 19.1 Å². The van der Waals surface area contributed by atoms with Crippen LogP contribution in [0.4, 0.5) is 5.82 Å². The van der Waals surface area contributed by atoms with Crippen molar-refractivity contribution in [1.29, 1.82) is 0 Å². The summed E-state index contributed by atoms with van der Waals surface area (Å²) in [5, 5.41) is 3.72. The number of nitrogens with one attached hydrogen (secondary N) is 1. The lowest BCUT2D eigenvalue weighted by Gasteiger charge is -2.11. The fourth-order valence-electron chi connectivity index (χ4n) is 1.78. The minimum atomic E-state index is 0.484. The second kappa shape index (κ2) is 6.33. The maximum atomic E-state index is 6.04. The van der Waals surface area contributed by atoms with Crippen LogP contribution in [-0.2, 0) is 13.0 Å². The number of hydrogen-bond donors (Lipinski definition) is 1. The highest BCUT2D eigenvalue weighted by atomic mass is 35.5. The van der Waals surface area contributed by atoms with Crippen molar-refractivity contribution in [2.75, 3.05) is 12.4 Å². The Kier molecular flexibility index (Phi) is 4.52. The van der Waals surface area contributed by atoms with E-state index in [0.717, 1.165) is 23.4 Å². The lowest BCUT2D eigenvalue weighted by Crippen LogP contribution is -2.07. The molecule has 0 atom stereocenters. The van der Waals surface area contributed by atoms with E-state index >= 15 is 0 Å². The van der Waals surface area contributed by atoms with Gasteiger partial charge in [0, 0.05) is 23.9 Å². The zero-order valence-electron chi connectivity index (χ0n) is 10.9. The molecule has 2 aromatic rings. The van der Waals surface area contributed by atoms with Gasteiger partial charge in [-0.25, -0.2) is 15.0 Å². The van der Waals surface area contributed by atoms with E-state index in [4.69, 9.17) is 16.3 Å². The van der Waals surface area contributed by atoms with Gasteiger partial charge in [0.05, 0.1) is 7.11 Å². The van der Waals surface area contributed by atoms with Crippen LogP contribution in [0.5, 0.6) is 5.88 Å². The lowest BCUT2D eigenvalue weighted by molar-refractivity contribution is 0.393. The van der Waals surface area contributed by atoms with Crippen molar-refractivity contribution in [2.24, 2.45) is 0 Å². The summed E-state index contributed by atoms with van der Waals surface area (Å²) in [5.74, 6) is 1.35. The summed E-state index contributed by atoms with van der Waals surface area (Å²) < 4.78 is 5.20. The van der Waals surface area contributed by atoms with Gasteiger partial charge in [0.25, 0.3) is 0 Å². The Labute approximate surface area is 117 Å². The topological polar surface area (TPSA) is 59.9 Å². The Bertz CT molecular complexity index is 562. The highest BCUT2D eigenvalue weighted by Gasteiger charge is 2.09. The number of hydrogen-bond acceptors (Lipinski definition) is 5. The summed E-state index contributed by atoms with van der Waals surface area (Å²) in [6, 6.07) is 3.82. The van der Waals surface area contributed by atoms with Crippen molar-refractivity contribution in [3.63, 3.8) is 0 Å². The summed E-state index contributed by atoms with van der Waals surface area (Å²) >= 11 is 6.04. The van der Waals surface area contributed by atoms with Gasteiger partial charge in [0.1, 0.15) is 17.3 Å². The van der Waals surface area contributed by atoms with Crippen LogP contribution in [0.3, 0.4) is 0 Å². The van der Waals surface area contributed by atoms with Gasteiger partial charge in [-0.2, -0.15) is 0 Å². The van der Waals surface area contributed by atoms with Crippen molar-refractivity contribution in [3.05, 3.63) is 40.9 Å². The first kappa shape index (κ1) is 13.5. The molecule has 5 nitrogen and oxygen atoms in total. The quantitative estimate of drug-likeness (QED) is 0.852. The molecule has 0 radical (unpaired) electrons. The lowest BCUT2D eigenvalue weighted by atomic mass is 10.2. The molecular weight excluding hydrogens is 264 g/mol. The van der Waals surface area contributed by atoms with Crippen LogP contribution in [0.2, 0.25) is 5.15 Å². The highest BCUT2D eigenvalue weighted by molar-refractivity contribution is 6.30. The molecule has 0 aliphatic carbocycles. The first-order valence-electron chi connectivity index (χ1n) is 5.97. The Hall–Kier alpha value is -1.88. The second-order valence-electron chi connectivity index (χ2n) is 3.87. The summed E-state index contributed by atoms with van der Waals surface area (Å²) in [7, 11) is 1.60. The highest BCUT2D eigenvalue weighted by Crippen LogP contribution is 2.22. The molecule has 0 aromatic carbocycles. The maximum Gasteiger partial charge on any atom is 0.218 e. The molecule has 0 fully saturated rings. The fourth-order valence-corrected chi connectivity index (χ4v) is 2.04. The Morgan fingerprint density at radius 3 is 2.89 bits per heavy atom. The third-order valence-electron chi connectivity index (χ3n) is 2.74. The number of ether oxygens (including phenoxy) is 1. The van der Waals surface area contributed by atoms with Crippen molar-refractivity contribution in [2.45, 2.75) is 19.9 Å². The smallest absolute Gasteiger partial charge is 0.218 e. The number of rotatable bonds is 5. The molecule has 0 amide bonds. The van der Waals surface area contributed by atoms with Gasteiger partial charge in [-0.15, -0.1) is 0 Å². The van der Waals surface area contributed by atoms with E-state index in [1.54, 1.807) is 13.3 Å². The van der Waals surface area contributed by atoms with Gasteiger partial charge in [0.15, 0.2) is 0 Å². The summed E-state index contributed by atoms with van der Waals surface area (Å²) in [6.45, 7) is 2.58. The number of halogens is 1. The zero-order valence-corrected chi connectivity index (χ0v) is 11.6.